The number of furan rings is 1. The van der Waals surface area contributed by atoms with E-state index >= 15 is 0 Å². The average Bonchev–Trinajstić information content (AvgIpc) is 2.73. The van der Waals surface area contributed by atoms with Crippen LogP contribution in [-0.4, -0.2) is 0 Å². The number of rotatable bonds is 0. The predicted octanol–water partition coefficient (Wildman–Crippen LogP) is 5.23. The van der Waals surface area contributed by atoms with E-state index in [4.69, 9.17) is 4.42 Å². The summed E-state index contributed by atoms with van der Waals surface area (Å²) >= 11 is 0. The average molecular weight is 226 g/mol. The van der Waals surface area contributed by atoms with E-state index in [-0.39, 0.29) is 0 Å². The van der Waals surface area contributed by atoms with Gasteiger partial charge in [0.2, 0.25) is 0 Å². The lowest BCUT2D eigenvalue weighted by Crippen LogP contribution is -1.74. The van der Waals surface area contributed by atoms with E-state index in [1.807, 2.05) is 26.0 Å². The zero-order chi connectivity index (χ0) is 12.4. The highest BCUT2D eigenvalue weighted by molar-refractivity contribution is 6.07. The quantitative estimate of drug-likeness (QED) is 0.511. The van der Waals surface area contributed by atoms with Crippen LogP contribution in [-0.2, 0) is 0 Å². The summed E-state index contributed by atoms with van der Waals surface area (Å²) in [5.74, 6) is 0. The summed E-state index contributed by atoms with van der Waals surface area (Å²) in [5, 5.41) is 2.47. The summed E-state index contributed by atoms with van der Waals surface area (Å²) in [4.78, 5) is 0. The molecule has 2 aromatic carbocycles. The third-order valence-corrected chi connectivity index (χ3v) is 2.93. The van der Waals surface area contributed by atoms with E-state index in [9.17, 15) is 0 Å². The van der Waals surface area contributed by atoms with Gasteiger partial charge in [0.1, 0.15) is 11.2 Å². The Labute approximate surface area is 102 Å². The van der Waals surface area contributed by atoms with Gasteiger partial charge in [-0.1, -0.05) is 44.2 Å². The topological polar surface area (TPSA) is 13.1 Å². The second-order valence-corrected chi connectivity index (χ2v) is 4.00. The lowest BCUT2D eigenvalue weighted by molar-refractivity contribution is 0.665. The summed E-state index contributed by atoms with van der Waals surface area (Å²) < 4.78 is 5.86. The predicted molar refractivity (Wildman–Crippen MR) is 74.5 cm³/mol. The molecule has 0 atom stereocenters. The molecule has 0 aliphatic heterocycles. The summed E-state index contributed by atoms with van der Waals surface area (Å²) in [6.45, 7) is 8.21. The molecule has 88 valence electrons. The number of para-hydroxylation sites is 1. The highest BCUT2D eigenvalue weighted by Gasteiger charge is 2.09. The second kappa shape index (κ2) is 4.62. The van der Waals surface area contributed by atoms with Crippen molar-refractivity contribution in [3.05, 3.63) is 47.5 Å². The fraction of sp³-hybridized carbons (Fsp3) is 0.250. The Hall–Kier alpha value is -1.76. The molecular weight excluding hydrogens is 208 g/mol. The van der Waals surface area contributed by atoms with Crippen LogP contribution in [0, 0.1) is 13.8 Å². The highest BCUT2D eigenvalue weighted by atomic mass is 16.3. The normalized spacial score (nSPS) is 10.4. The van der Waals surface area contributed by atoms with Gasteiger partial charge in [0, 0.05) is 10.8 Å². The Balaban J connectivity index is 0.000000514. The van der Waals surface area contributed by atoms with Gasteiger partial charge >= 0.3 is 0 Å². The van der Waals surface area contributed by atoms with E-state index in [2.05, 4.69) is 38.1 Å². The molecule has 0 bridgehead atoms. The minimum absolute atomic E-state index is 0.985. The third kappa shape index (κ3) is 1.82. The molecule has 3 aromatic rings. The monoisotopic (exact) mass is 226 g/mol. The molecule has 0 N–H and O–H groups in total. The van der Waals surface area contributed by atoms with Gasteiger partial charge in [0.05, 0.1) is 0 Å². The van der Waals surface area contributed by atoms with Crippen molar-refractivity contribution in [3.63, 3.8) is 0 Å². The molecule has 0 unspecified atom stereocenters. The van der Waals surface area contributed by atoms with Crippen LogP contribution in [0.3, 0.4) is 0 Å². The molecular formula is C16H18O. The minimum Gasteiger partial charge on any atom is -0.456 e. The summed E-state index contributed by atoms with van der Waals surface area (Å²) in [6.07, 6.45) is 0. The minimum atomic E-state index is 0.985. The first kappa shape index (κ1) is 11.7. The second-order valence-electron chi connectivity index (χ2n) is 4.00. The fourth-order valence-corrected chi connectivity index (χ4v) is 2.17. The number of benzene rings is 2. The van der Waals surface area contributed by atoms with E-state index < -0.39 is 0 Å². The van der Waals surface area contributed by atoms with E-state index in [0.29, 0.717) is 0 Å². The smallest absolute Gasteiger partial charge is 0.138 e. The SMILES string of the molecule is CC.Cc1cccc2c1oc1cccc(C)c12. The van der Waals surface area contributed by atoms with Crippen molar-refractivity contribution >= 4 is 21.9 Å². The largest absolute Gasteiger partial charge is 0.456 e. The number of hydrogen-bond donors (Lipinski definition) is 0. The van der Waals surface area contributed by atoms with Crippen LogP contribution in [0.15, 0.2) is 40.8 Å². The lowest BCUT2D eigenvalue weighted by Gasteiger charge is -1.94. The van der Waals surface area contributed by atoms with Gasteiger partial charge in [-0.2, -0.15) is 0 Å². The summed E-state index contributed by atoms with van der Waals surface area (Å²) in [5.41, 5.74) is 4.47. The van der Waals surface area contributed by atoms with Crippen LogP contribution in [0.5, 0.6) is 0 Å². The van der Waals surface area contributed by atoms with Gasteiger partial charge in [-0.25, -0.2) is 0 Å². The molecule has 1 heteroatoms. The molecule has 1 nitrogen and oxygen atoms in total. The van der Waals surface area contributed by atoms with Crippen LogP contribution < -0.4 is 0 Å². The Bertz CT molecular complexity index is 647. The molecule has 0 saturated carbocycles. The van der Waals surface area contributed by atoms with Gasteiger partial charge in [-0.15, -0.1) is 0 Å². The maximum Gasteiger partial charge on any atom is 0.138 e. The molecule has 0 aliphatic rings. The molecule has 0 fully saturated rings. The molecule has 0 saturated heterocycles. The number of fused-ring (bicyclic) bond motifs is 3. The molecule has 3 rings (SSSR count). The van der Waals surface area contributed by atoms with Crippen LogP contribution in [0.1, 0.15) is 25.0 Å². The van der Waals surface area contributed by atoms with Crippen molar-refractivity contribution in [2.45, 2.75) is 27.7 Å². The Morgan fingerprint density at radius 2 is 1.47 bits per heavy atom. The van der Waals surface area contributed by atoms with Crippen molar-refractivity contribution in [2.75, 3.05) is 0 Å². The summed E-state index contributed by atoms with van der Waals surface area (Å²) in [6, 6.07) is 12.5. The zero-order valence-electron chi connectivity index (χ0n) is 10.9. The van der Waals surface area contributed by atoms with E-state index in [1.165, 1.54) is 21.9 Å². The standard InChI is InChI=1S/C14H12O.C2H6/c1-9-5-4-8-12-13(9)11-7-3-6-10(2)14(11)15-12;1-2/h3-8H,1-2H3;1-2H3. The third-order valence-electron chi connectivity index (χ3n) is 2.93. The van der Waals surface area contributed by atoms with Crippen LogP contribution in [0.2, 0.25) is 0 Å². The first-order valence-electron chi connectivity index (χ1n) is 6.15. The highest BCUT2D eigenvalue weighted by Crippen LogP contribution is 2.32. The van der Waals surface area contributed by atoms with E-state index in [1.54, 1.807) is 0 Å². The molecule has 0 amide bonds. The fourth-order valence-electron chi connectivity index (χ4n) is 2.17. The Kier molecular flexibility index (Phi) is 3.19. The zero-order valence-corrected chi connectivity index (χ0v) is 10.9. The van der Waals surface area contributed by atoms with Crippen molar-refractivity contribution in [1.82, 2.24) is 0 Å². The van der Waals surface area contributed by atoms with Gasteiger partial charge in [0.15, 0.2) is 0 Å². The van der Waals surface area contributed by atoms with Crippen molar-refractivity contribution in [3.8, 4) is 0 Å². The Morgan fingerprint density at radius 1 is 0.824 bits per heavy atom. The molecule has 1 aromatic heterocycles. The Morgan fingerprint density at radius 3 is 2.24 bits per heavy atom. The molecule has 17 heavy (non-hydrogen) atoms. The molecule has 0 radical (unpaired) electrons. The van der Waals surface area contributed by atoms with Crippen LogP contribution in [0.25, 0.3) is 21.9 Å². The molecule has 0 spiro atoms. The number of hydrogen-bond acceptors (Lipinski definition) is 1. The van der Waals surface area contributed by atoms with Crippen LogP contribution in [0.4, 0.5) is 0 Å². The maximum absolute atomic E-state index is 5.86. The van der Waals surface area contributed by atoms with Crippen molar-refractivity contribution < 1.29 is 4.42 Å². The van der Waals surface area contributed by atoms with Crippen LogP contribution >= 0.6 is 0 Å². The maximum atomic E-state index is 5.86. The van der Waals surface area contributed by atoms with Gasteiger partial charge in [0.25, 0.3) is 0 Å². The molecule has 1 heterocycles. The number of aryl methyl sites for hydroxylation is 2. The van der Waals surface area contributed by atoms with Crippen molar-refractivity contribution in [2.24, 2.45) is 0 Å². The first-order valence-corrected chi connectivity index (χ1v) is 6.15. The summed E-state index contributed by atoms with van der Waals surface area (Å²) in [7, 11) is 0. The van der Waals surface area contributed by atoms with Gasteiger partial charge in [-0.3, -0.25) is 0 Å². The van der Waals surface area contributed by atoms with Gasteiger partial charge in [-0.05, 0) is 31.0 Å². The van der Waals surface area contributed by atoms with Gasteiger partial charge < -0.3 is 4.42 Å². The lowest BCUT2D eigenvalue weighted by atomic mass is 10.1. The van der Waals surface area contributed by atoms with E-state index in [0.717, 1.165) is 11.2 Å². The molecule has 0 aliphatic carbocycles. The van der Waals surface area contributed by atoms with Crippen molar-refractivity contribution in [1.29, 1.82) is 0 Å². The first-order chi connectivity index (χ1) is 8.27.